The van der Waals surface area contributed by atoms with Gasteiger partial charge in [0.05, 0.1) is 11.1 Å². The quantitative estimate of drug-likeness (QED) is 0.592. The zero-order valence-electron chi connectivity index (χ0n) is 13.1. The zero-order valence-corrected chi connectivity index (χ0v) is 13.1. The summed E-state index contributed by atoms with van der Waals surface area (Å²) >= 11 is 0. The molecule has 8 heteroatoms. The SMILES string of the molecule is CNC1CCCCC1.O=Cc1cc(C(F)(F)F)cc(C(F)(F)F)c1. The fourth-order valence-corrected chi connectivity index (χ4v) is 2.44. The highest BCUT2D eigenvalue weighted by Crippen LogP contribution is 2.35. The highest BCUT2D eigenvalue weighted by molar-refractivity contribution is 5.75. The Bertz CT molecular complexity index is 500. The van der Waals surface area contributed by atoms with Crippen LogP contribution in [0.15, 0.2) is 18.2 Å². The molecule has 136 valence electrons. The van der Waals surface area contributed by atoms with Gasteiger partial charge in [0.15, 0.2) is 0 Å². The van der Waals surface area contributed by atoms with E-state index in [1.807, 2.05) is 0 Å². The fourth-order valence-electron chi connectivity index (χ4n) is 2.44. The van der Waals surface area contributed by atoms with Crippen molar-refractivity contribution in [1.82, 2.24) is 5.32 Å². The van der Waals surface area contributed by atoms with Crippen LogP contribution >= 0.6 is 0 Å². The molecular weight excluding hydrogens is 336 g/mol. The van der Waals surface area contributed by atoms with E-state index in [1.165, 1.54) is 32.1 Å². The predicted octanol–water partition coefficient (Wildman–Crippen LogP) is 5.08. The molecule has 0 aliphatic heterocycles. The molecule has 1 aliphatic rings. The summed E-state index contributed by atoms with van der Waals surface area (Å²) < 4.78 is 73.1. The normalized spacial score (nSPS) is 16.3. The first-order valence-electron chi connectivity index (χ1n) is 7.50. The summed E-state index contributed by atoms with van der Waals surface area (Å²) in [7, 11) is 2.07. The minimum Gasteiger partial charge on any atom is -0.317 e. The van der Waals surface area contributed by atoms with Crippen molar-refractivity contribution >= 4 is 6.29 Å². The molecule has 0 atom stereocenters. The Balaban J connectivity index is 0.000000300. The van der Waals surface area contributed by atoms with Crippen LogP contribution < -0.4 is 5.32 Å². The summed E-state index contributed by atoms with van der Waals surface area (Å²) in [5.41, 5.74) is -3.66. The summed E-state index contributed by atoms with van der Waals surface area (Å²) in [5, 5.41) is 3.30. The van der Waals surface area contributed by atoms with Crippen molar-refractivity contribution in [1.29, 1.82) is 0 Å². The van der Waals surface area contributed by atoms with E-state index in [0.717, 1.165) is 6.04 Å². The molecule has 0 unspecified atom stereocenters. The van der Waals surface area contributed by atoms with E-state index in [9.17, 15) is 31.1 Å². The van der Waals surface area contributed by atoms with Crippen molar-refractivity contribution in [2.45, 2.75) is 50.5 Å². The monoisotopic (exact) mass is 355 g/mol. The third-order valence-corrected chi connectivity index (χ3v) is 3.76. The van der Waals surface area contributed by atoms with Crippen LogP contribution in [0.25, 0.3) is 0 Å². The average molecular weight is 355 g/mol. The van der Waals surface area contributed by atoms with Gasteiger partial charge in [-0.2, -0.15) is 26.3 Å². The van der Waals surface area contributed by atoms with E-state index in [4.69, 9.17) is 0 Å². The second-order valence-corrected chi connectivity index (χ2v) is 5.58. The van der Waals surface area contributed by atoms with E-state index in [0.29, 0.717) is 12.1 Å². The molecular formula is C16H19F6NO. The third-order valence-electron chi connectivity index (χ3n) is 3.76. The first-order valence-corrected chi connectivity index (χ1v) is 7.50. The molecule has 24 heavy (non-hydrogen) atoms. The van der Waals surface area contributed by atoms with Gasteiger partial charge in [-0.15, -0.1) is 0 Å². The van der Waals surface area contributed by atoms with Crippen LogP contribution in [0.2, 0.25) is 0 Å². The molecule has 0 bridgehead atoms. The number of aldehydes is 1. The molecule has 0 spiro atoms. The van der Waals surface area contributed by atoms with E-state index in [1.54, 1.807) is 0 Å². The largest absolute Gasteiger partial charge is 0.416 e. The maximum Gasteiger partial charge on any atom is 0.416 e. The highest BCUT2D eigenvalue weighted by atomic mass is 19.4. The maximum atomic E-state index is 12.2. The molecule has 1 aliphatic carbocycles. The smallest absolute Gasteiger partial charge is 0.317 e. The fraction of sp³-hybridized carbons (Fsp3) is 0.562. The van der Waals surface area contributed by atoms with Crippen molar-refractivity contribution < 1.29 is 31.1 Å². The van der Waals surface area contributed by atoms with Gasteiger partial charge in [-0.05, 0) is 38.1 Å². The number of carbonyl (C=O) groups is 1. The standard InChI is InChI=1S/C9H4F6O.C7H15N/c10-8(11,12)6-1-5(4-16)2-7(3-6)9(13,14)15;1-8-7-5-3-2-4-6-7/h1-4H;7-8H,2-6H2,1H3. The number of nitrogens with one attached hydrogen (secondary N) is 1. The number of hydrogen-bond acceptors (Lipinski definition) is 2. The lowest BCUT2D eigenvalue weighted by Crippen LogP contribution is -2.26. The summed E-state index contributed by atoms with van der Waals surface area (Å²) in [5.74, 6) is 0. The molecule has 1 N–H and O–H groups in total. The van der Waals surface area contributed by atoms with Gasteiger partial charge in [-0.25, -0.2) is 0 Å². The summed E-state index contributed by atoms with van der Waals surface area (Å²) in [6.07, 6.45) is -2.77. The highest BCUT2D eigenvalue weighted by Gasteiger charge is 2.36. The molecule has 2 rings (SSSR count). The van der Waals surface area contributed by atoms with E-state index < -0.39 is 29.0 Å². The summed E-state index contributed by atoms with van der Waals surface area (Å²) in [6, 6.07) is 1.53. The van der Waals surface area contributed by atoms with E-state index in [-0.39, 0.29) is 12.4 Å². The number of halogens is 6. The van der Waals surface area contributed by atoms with Gasteiger partial charge in [0.25, 0.3) is 0 Å². The van der Waals surface area contributed by atoms with Crippen molar-refractivity contribution in [3.05, 3.63) is 34.9 Å². The lowest BCUT2D eigenvalue weighted by atomic mass is 9.96. The molecule has 1 fully saturated rings. The summed E-state index contributed by atoms with van der Waals surface area (Å²) in [4.78, 5) is 10.2. The van der Waals surface area contributed by atoms with Gasteiger partial charge in [0.1, 0.15) is 6.29 Å². The van der Waals surface area contributed by atoms with Gasteiger partial charge >= 0.3 is 12.4 Å². The minimum atomic E-state index is -4.92. The Labute approximate surface area is 136 Å². The molecule has 0 amide bonds. The Kier molecular flexibility index (Phi) is 7.26. The van der Waals surface area contributed by atoms with Gasteiger partial charge in [0, 0.05) is 11.6 Å². The average Bonchev–Trinajstić information content (AvgIpc) is 2.54. The van der Waals surface area contributed by atoms with Gasteiger partial charge in [-0.3, -0.25) is 4.79 Å². The van der Waals surface area contributed by atoms with E-state index >= 15 is 0 Å². The summed E-state index contributed by atoms with van der Waals surface area (Å²) in [6.45, 7) is 0. The topological polar surface area (TPSA) is 29.1 Å². The minimum absolute atomic E-state index is 0.0347. The van der Waals surface area contributed by atoms with Crippen molar-refractivity contribution in [2.75, 3.05) is 7.05 Å². The Morgan fingerprint density at radius 3 is 1.67 bits per heavy atom. The Hall–Kier alpha value is -1.57. The number of carbonyl (C=O) groups excluding carboxylic acids is 1. The Morgan fingerprint density at radius 2 is 1.38 bits per heavy atom. The predicted molar refractivity (Wildman–Crippen MR) is 77.8 cm³/mol. The molecule has 0 saturated heterocycles. The van der Waals surface area contributed by atoms with Crippen molar-refractivity contribution in [3.8, 4) is 0 Å². The molecule has 0 radical (unpaired) electrons. The second kappa shape index (κ2) is 8.50. The molecule has 1 aromatic carbocycles. The molecule has 1 aromatic rings. The molecule has 2 nitrogen and oxygen atoms in total. The van der Waals surface area contributed by atoms with Crippen molar-refractivity contribution in [3.63, 3.8) is 0 Å². The van der Waals surface area contributed by atoms with Crippen LogP contribution in [0.3, 0.4) is 0 Å². The van der Waals surface area contributed by atoms with Crippen LogP contribution in [0.4, 0.5) is 26.3 Å². The van der Waals surface area contributed by atoms with Crippen LogP contribution in [0.5, 0.6) is 0 Å². The maximum absolute atomic E-state index is 12.2. The first kappa shape index (κ1) is 20.5. The lowest BCUT2D eigenvalue weighted by Gasteiger charge is -2.20. The molecule has 0 heterocycles. The lowest BCUT2D eigenvalue weighted by molar-refractivity contribution is -0.143. The second-order valence-electron chi connectivity index (χ2n) is 5.58. The van der Waals surface area contributed by atoms with Crippen LogP contribution in [-0.2, 0) is 12.4 Å². The number of hydrogen-bond donors (Lipinski definition) is 1. The van der Waals surface area contributed by atoms with Crippen LogP contribution in [0, 0.1) is 0 Å². The van der Waals surface area contributed by atoms with Crippen molar-refractivity contribution in [2.24, 2.45) is 0 Å². The zero-order chi connectivity index (χ0) is 18.4. The number of benzene rings is 1. The van der Waals surface area contributed by atoms with E-state index in [2.05, 4.69) is 12.4 Å². The number of rotatable bonds is 2. The van der Waals surface area contributed by atoms with Gasteiger partial charge in [0.2, 0.25) is 0 Å². The molecule has 1 saturated carbocycles. The first-order chi connectivity index (χ1) is 11.1. The molecule has 0 aromatic heterocycles. The number of alkyl halides is 6. The third kappa shape index (κ3) is 6.51. The van der Waals surface area contributed by atoms with Crippen LogP contribution in [-0.4, -0.2) is 19.4 Å². The van der Waals surface area contributed by atoms with Gasteiger partial charge in [-0.1, -0.05) is 19.3 Å². The van der Waals surface area contributed by atoms with Gasteiger partial charge < -0.3 is 5.32 Å². The van der Waals surface area contributed by atoms with Crippen LogP contribution in [0.1, 0.15) is 53.6 Å². The Morgan fingerprint density at radius 1 is 0.917 bits per heavy atom.